The Balaban J connectivity index is 1.84. The minimum absolute atomic E-state index is 0.00226. The summed E-state index contributed by atoms with van der Waals surface area (Å²) in [6, 6.07) is 5.98. The van der Waals surface area contributed by atoms with Crippen LogP contribution in [0.3, 0.4) is 0 Å². The summed E-state index contributed by atoms with van der Waals surface area (Å²) < 4.78 is 16.1. The minimum Gasteiger partial charge on any atom is -0.472 e. The first-order valence-corrected chi connectivity index (χ1v) is 7.92. The molecular weight excluding hydrogens is 304 g/mol. The van der Waals surface area contributed by atoms with Crippen molar-refractivity contribution in [3.8, 4) is 6.07 Å². The molecule has 0 saturated heterocycles. The van der Waals surface area contributed by atoms with Crippen LogP contribution in [-0.2, 0) is 4.74 Å². The van der Waals surface area contributed by atoms with E-state index in [2.05, 4.69) is 6.07 Å². The van der Waals surface area contributed by atoms with Crippen molar-refractivity contribution in [2.24, 2.45) is 5.92 Å². The molecule has 0 bridgehead atoms. The van der Waals surface area contributed by atoms with Gasteiger partial charge in [0.1, 0.15) is 11.7 Å². The fourth-order valence-electron chi connectivity index (χ4n) is 3.53. The Labute approximate surface area is 139 Å². The lowest BCUT2D eigenvalue weighted by atomic mass is 9.74. The molecule has 0 fully saturated rings. The van der Waals surface area contributed by atoms with E-state index >= 15 is 0 Å². The topological polar surface area (TPSA) is 83.2 Å². The number of hydrogen-bond acceptors (Lipinski definition) is 5. The minimum atomic E-state index is -0.616. The number of allylic oxidation sites excluding steroid dienone is 2. The van der Waals surface area contributed by atoms with Crippen molar-refractivity contribution in [3.05, 3.63) is 65.2 Å². The van der Waals surface area contributed by atoms with Gasteiger partial charge in [-0.25, -0.2) is 0 Å². The van der Waals surface area contributed by atoms with Gasteiger partial charge in [-0.15, -0.1) is 0 Å². The van der Waals surface area contributed by atoms with Gasteiger partial charge in [-0.05, 0) is 54.2 Å². The summed E-state index contributed by atoms with van der Waals surface area (Å²) in [5.41, 5.74) is 4.02. The summed E-state index contributed by atoms with van der Waals surface area (Å²) in [5.74, 6) is -0.0553. The van der Waals surface area contributed by atoms with Gasteiger partial charge in [-0.3, -0.25) is 5.41 Å². The highest BCUT2D eigenvalue weighted by molar-refractivity contribution is 5.84. The first-order valence-electron chi connectivity index (χ1n) is 7.92. The second-order valence-electron chi connectivity index (χ2n) is 6.04. The van der Waals surface area contributed by atoms with Crippen LogP contribution >= 0.6 is 0 Å². The lowest BCUT2D eigenvalue weighted by molar-refractivity contribution is 0.334. The molecular formula is C19H16N2O3. The van der Waals surface area contributed by atoms with Gasteiger partial charge in [0.15, 0.2) is 0 Å². The Morgan fingerprint density at radius 1 is 1.17 bits per heavy atom. The zero-order chi connectivity index (χ0) is 16.5. The molecule has 5 nitrogen and oxygen atoms in total. The average Bonchev–Trinajstić information content (AvgIpc) is 3.28. The zero-order valence-electron chi connectivity index (χ0n) is 13.0. The molecule has 2 aliphatic rings. The maximum absolute atomic E-state index is 9.54. The van der Waals surface area contributed by atoms with Gasteiger partial charge >= 0.3 is 0 Å². The quantitative estimate of drug-likeness (QED) is 0.874. The third-order valence-electron chi connectivity index (χ3n) is 4.60. The smallest absolute Gasteiger partial charge is 0.205 e. The number of nitrogens with one attached hydrogen (secondary N) is 1. The van der Waals surface area contributed by atoms with E-state index in [0.717, 1.165) is 47.3 Å². The first kappa shape index (κ1) is 14.6. The summed E-state index contributed by atoms with van der Waals surface area (Å²) in [5, 5.41) is 17.7. The molecule has 0 radical (unpaired) electrons. The van der Waals surface area contributed by atoms with Crippen LogP contribution in [0.25, 0.3) is 6.08 Å². The fourth-order valence-corrected chi connectivity index (χ4v) is 3.53. The Kier molecular flexibility index (Phi) is 3.58. The monoisotopic (exact) mass is 320 g/mol. The molecule has 3 heterocycles. The van der Waals surface area contributed by atoms with Crippen molar-refractivity contribution < 1.29 is 13.6 Å². The predicted octanol–water partition coefficient (Wildman–Crippen LogP) is 4.63. The molecule has 2 atom stereocenters. The molecule has 0 spiro atoms. The molecule has 0 amide bonds. The Bertz CT molecular complexity index is 851. The van der Waals surface area contributed by atoms with E-state index < -0.39 is 5.92 Å². The van der Waals surface area contributed by atoms with E-state index in [0.29, 0.717) is 0 Å². The zero-order valence-corrected chi connectivity index (χ0v) is 13.0. The van der Waals surface area contributed by atoms with Gasteiger partial charge in [0.2, 0.25) is 5.90 Å². The van der Waals surface area contributed by atoms with E-state index in [4.69, 9.17) is 19.0 Å². The summed E-state index contributed by atoms with van der Waals surface area (Å²) in [4.78, 5) is 0. The molecule has 1 aliphatic heterocycles. The molecule has 0 saturated carbocycles. The Morgan fingerprint density at radius 2 is 2.00 bits per heavy atom. The van der Waals surface area contributed by atoms with Crippen LogP contribution in [0, 0.1) is 22.7 Å². The molecule has 2 aromatic rings. The Hall–Kier alpha value is -3.00. The first-order chi connectivity index (χ1) is 11.8. The van der Waals surface area contributed by atoms with Gasteiger partial charge < -0.3 is 13.6 Å². The summed E-state index contributed by atoms with van der Waals surface area (Å²) in [6.07, 6.45) is 11.3. The molecule has 120 valence electrons. The van der Waals surface area contributed by atoms with Crippen LogP contribution in [0.15, 0.2) is 62.9 Å². The number of rotatable bonds is 2. The summed E-state index contributed by atoms with van der Waals surface area (Å²) >= 11 is 0. The molecule has 0 aromatic carbocycles. The van der Waals surface area contributed by atoms with Crippen LogP contribution in [0.5, 0.6) is 0 Å². The van der Waals surface area contributed by atoms with Crippen LogP contribution in [0.4, 0.5) is 0 Å². The lowest BCUT2D eigenvalue weighted by Gasteiger charge is -2.35. The summed E-state index contributed by atoms with van der Waals surface area (Å²) in [7, 11) is 0. The molecule has 2 unspecified atom stereocenters. The number of furan rings is 2. The number of hydrogen-bond donors (Lipinski definition) is 1. The number of nitrogens with zero attached hydrogens (tertiary/aromatic N) is 1. The van der Waals surface area contributed by atoms with E-state index in [1.807, 2.05) is 18.2 Å². The van der Waals surface area contributed by atoms with Gasteiger partial charge in [0, 0.05) is 11.5 Å². The Morgan fingerprint density at radius 3 is 2.71 bits per heavy atom. The van der Waals surface area contributed by atoms with Crippen LogP contribution in [0.2, 0.25) is 0 Å². The lowest BCUT2D eigenvalue weighted by Crippen LogP contribution is -2.31. The number of nitriles is 1. The molecule has 24 heavy (non-hydrogen) atoms. The van der Waals surface area contributed by atoms with Crippen LogP contribution in [-0.4, -0.2) is 5.90 Å². The van der Waals surface area contributed by atoms with Gasteiger partial charge in [0.25, 0.3) is 0 Å². The predicted molar refractivity (Wildman–Crippen MR) is 86.9 cm³/mol. The van der Waals surface area contributed by atoms with Crippen molar-refractivity contribution in [3.63, 3.8) is 0 Å². The average molecular weight is 320 g/mol. The fraction of sp³-hybridized carbons (Fsp3) is 0.263. The maximum atomic E-state index is 9.54. The standard InChI is InChI=1S/C19H16N2O3/c20-9-16-17(14-5-7-23-11-14)15-3-1-2-13(18(15)24-19(16)21)8-12-4-6-22-10-12/h4-8,10-11,16-17,21H,1-3H2/b13-8-,21-19?. The van der Waals surface area contributed by atoms with Gasteiger partial charge in [-0.2, -0.15) is 5.26 Å². The van der Waals surface area contributed by atoms with E-state index in [-0.39, 0.29) is 11.8 Å². The van der Waals surface area contributed by atoms with Crippen molar-refractivity contribution in [2.45, 2.75) is 25.2 Å². The molecule has 2 aromatic heterocycles. The van der Waals surface area contributed by atoms with Crippen LogP contribution < -0.4 is 0 Å². The normalized spacial score (nSPS) is 25.3. The van der Waals surface area contributed by atoms with E-state index in [1.165, 1.54) is 0 Å². The third-order valence-corrected chi connectivity index (χ3v) is 4.60. The second kappa shape index (κ2) is 5.89. The highest BCUT2D eigenvalue weighted by atomic mass is 16.5. The maximum Gasteiger partial charge on any atom is 0.205 e. The summed E-state index contributed by atoms with van der Waals surface area (Å²) in [6.45, 7) is 0. The molecule has 4 rings (SSSR count). The molecule has 1 aliphatic carbocycles. The van der Waals surface area contributed by atoms with Crippen LogP contribution in [0.1, 0.15) is 36.3 Å². The largest absolute Gasteiger partial charge is 0.472 e. The highest BCUT2D eigenvalue weighted by Crippen LogP contribution is 2.46. The highest BCUT2D eigenvalue weighted by Gasteiger charge is 2.40. The van der Waals surface area contributed by atoms with Gasteiger partial charge in [-0.1, -0.05) is 0 Å². The van der Waals surface area contributed by atoms with Crippen molar-refractivity contribution >= 4 is 12.0 Å². The van der Waals surface area contributed by atoms with Crippen molar-refractivity contribution in [1.82, 2.24) is 0 Å². The van der Waals surface area contributed by atoms with Crippen molar-refractivity contribution in [2.75, 3.05) is 0 Å². The third kappa shape index (κ3) is 2.37. The van der Waals surface area contributed by atoms with E-state index in [1.54, 1.807) is 25.1 Å². The second-order valence-corrected chi connectivity index (χ2v) is 6.04. The SMILES string of the molecule is N#CC1C(=N)OC2=C(CCC/C2=C/c2ccoc2)C1c1ccoc1. The molecule has 5 heteroatoms. The van der Waals surface area contributed by atoms with Gasteiger partial charge in [0.05, 0.1) is 31.1 Å². The number of ether oxygens (including phenoxy) is 1. The molecule has 1 N–H and O–H groups in total. The van der Waals surface area contributed by atoms with E-state index in [9.17, 15) is 5.26 Å². The van der Waals surface area contributed by atoms with Crippen molar-refractivity contribution in [1.29, 1.82) is 10.7 Å².